The van der Waals surface area contributed by atoms with E-state index in [0.717, 1.165) is 30.4 Å². The van der Waals surface area contributed by atoms with Gasteiger partial charge in [0.1, 0.15) is 0 Å². The van der Waals surface area contributed by atoms with Crippen molar-refractivity contribution in [2.45, 2.75) is 45.1 Å². The first kappa shape index (κ1) is 14.0. The zero-order valence-corrected chi connectivity index (χ0v) is 12.0. The molecule has 3 rings (SSSR count). The van der Waals surface area contributed by atoms with Crippen molar-refractivity contribution in [1.29, 1.82) is 0 Å². The van der Waals surface area contributed by atoms with E-state index in [1.807, 2.05) is 0 Å². The topological polar surface area (TPSA) is 12.0 Å². The Morgan fingerprint density at radius 1 is 1.20 bits per heavy atom. The van der Waals surface area contributed by atoms with Gasteiger partial charge in [0.25, 0.3) is 0 Å². The number of fused-ring (bicyclic) bond motifs is 2. The van der Waals surface area contributed by atoms with Gasteiger partial charge in [-0.1, -0.05) is 19.4 Å². The standard InChI is InChI=1S/C17H23F2N/c1-2-7-20-17(13-5-6-15(18)16(19)10-13)14-9-11-3-4-12(14)8-11/h5-6,10-12,14,17,20H,2-4,7-9H2,1H3. The Balaban J connectivity index is 1.83. The number of rotatable bonds is 5. The summed E-state index contributed by atoms with van der Waals surface area (Å²) in [6, 6.07) is 4.57. The summed E-state index contributed by atoms with van der Waals surface area (Å²) in [7, 11) is 0. The van der Waals surface area contributed by atoms with Crippen molar-refractivity contribution in [2.75, 3.05) is 6.54 Å². The molecule has 0 aromatic heterocycles. The quantitative estimate of drug-likeness (QED) is 0.840. The first-order chi connectivity index (χ1) is 9.69. The van der Waals surface area contributed by atoms with Crippen LogP contribution in [0.15, 0.2) is 18.2 Å². The third-order valence-electron chi connectivity index (χ3n) is 5.14. The minimum Gasteiger partial charge on any atom is -0.310 e. The van der Waals surface area contributed by atoms with Crippen molar-refractivity contribution in [1.82, 2.24) is 5.32 Å². The molecule has 1 nitrogen and oxygen atoms in total. The van der Waals surface area contributed by atoms with Crippen LogP contribution in [0.2, 0.25) is 0 Å². The lowest BCUT2D eigenvalue weighted by Gasteiger charge is -2.32. The SMILES string of the molecule is CCCNC(c1ccc(F)c(F)c1)C1CC2CCC1C2. The molecule has 0 saturated heterocycles. The second-order valence-corrected chi connectivity index (χ2v) is 6.44. The van der Waals surface area contributed by atoms with Gasteiger partial charge in [-0.15, -0.1) is 0 Å². The van der Waals surface area contributed by atoms with Gasteiger partial charge in [0.05, 0.1) is 0 Å². The molecule has 3 heteroatoms. The van der Waals surface area contributed by atoms with Gasteiger partial charge in [-0.25, -0.2) is 8.78 Å². The highest BCUT2D eigenvalue weighted by molar-refractivity contribution is 5.23. The van der Waals surface area contributed by atoms with Crippen molar-refractivity contribution in [2.24, 2.45) is 17.8 Å². The fourth-order valence-electron chi connectivity index (χ4n) is 4.22. The number of hydrogen-bond acceptors (Lipinski definition) is 1. The highest BCUT2D eigenvalue weighted by Crippen LogP contribution is 2.52. The van der Waals surface area contributed by atoms with E-state index in [1.165, 1.54) is 37.8 Å². The molecule has 4 atom stereocenters. The van der Waals surface area contributed by atoms with E-state index in [-0.39, 0.29) is 6.04 Å². The van der Waals surface area contributed by atoms with Crippen LogP contribution in [-0.4, -0.2) is 6.54 Å². The van der Waals surface area contributed by atoms with Crippen molar-refractivity contribution in [3.05, 3.63) is 35.4 Å². The van der Waals surface area contributed by atoms with Gasteiger partial charge in [-0.05, 0) is 67.7 Å². The van der Waals surface area contributed by atoms with Crippen LogP contribution >= 0.6 is 0 Å². The summed E-state index contributed by atoms with van der Waals surface area (Å²) < 4.78 is 26.7. The fourth-order valence-corrected chi connectivity index (χ4v) is 4.22. The van der Waals surface area contributed by atoms with Crippen molar-refractivity contribution in [3.8, 4) is 0 Å². The second-order valence-electron chi connectivity index (χ2n) is 6.44. The maximum Gasteiger partial charge on any atom is 0.159 e. The average molecular weight is 279 g/mol. The Morgan fingerprint density at radius 2 is 2.05 bits per heavy atom. The molecule has 2 fully saturated rings. The zero-order valence-electron chi connectivity index (χ0n) is 12.0. The molecular weight excluding hydrogens is 256 g/mol. The Bertz CT molecular complexity index is 474. The molecule has 0 radical (unpaired) electrons. The van der Waals surface area contributed by atoms with E-state index in [0.29, 0.717) is 5.92 Å². The van der Waals surface area contributed by atoms with E-state index in [1.54, 1.807) is 6.07 Å². The Morgan fingerprint density at radius 3 is 2.65 bits per heavy atom. The summed E-state index contributed by atoms with van der Waals surface area (Å²) in [6.07, 6.45) is 6.30. The zero-order chi connectivity index (χ0) is 14.1. The van der Waals surface area contributed by atoms with Gasteiger partial charge in [0.15, 0.2) is 11.6 Å². The number of benzene rings is 1. The maximum absolute atomic E-state index is 13.5. The molecule has 0 heterocycles. The summed E-state index contributed by atoms with van der Waals surface area (Å²) in [4.78, 5) is 0. The molecule has 2 bridgehead atoms. The van der Waals surface area contributed by atoms with Gasteiger partial charge in [0, 0.05) is 6.04 Å². The summed E-state index contributed by atoms with van der Waals surface area (Å²) in [6.45, 7) is 3.06. The lowest BCUT2D eigenvalue weighted by molar-refractivity contribution is 0.250. The van der Waals surface area contributed by atoms with Crippen molar-refractivity contribution in [3.63, 3.8) is 0 Å². The lowest BCUT2D eigenvalue weighted by Crippen LogP contribution is -2.32. The molecule has 110 valence electrons. The fraction of sp³-hybridized carbons (Fsp3) is 0.647. The van der Waals surface area contributed by atoms with Crippen LogP contribution in [-0.2, 0) is 0 Å². The molecule has 0 spiro atoms. The molecule has 2 aliphatic rings. The first-order valence-electron chi connectivity index (χ1n) is 7.87. The predicted octanol–water partition coefficient (Wildman–Crippen LogP) is 4.44. The second kappa shape index (κ2) is 5.80. The van der Waals surface area contributed by atoms with E-state index < -0.39 is 11.6 Å². The monoisotopic (exact) mass is 279 g/mol. The van der Waals surface area contributed by atoms with Crippen molar-refractivity contribution >= 4 is 0 Å². The van der Waals surface area contributed by atoms with Crippen molar-refractivity contribution < 1.29 is 8.78 Å². The van der Waals surface area contributed by atoms with Crippen LogP contribution in [0.5, 0.6) is 0 Å². The van der Waals surface area contributed by atoms with E-state index >= 15 is 0 Å². The van der Waals surface area contributed by atoms with Gasteiger partial charge in [0.2, 0.25) is 0 Å². The summed E-state index contributed by atoms with van der Waals surface area (Å²) in [5, 5.41) is 3.57. The Hall–Kier alpha value is -0.960. The third kappa shape index (κ3) is 2.60. The van der Waals surface area contributed by atoms with Crippen LogP contribution in [0.1, 0.15) is 50.6 Å². The van der Waals surface area contributed by atoms with Gasteiger partial charge in [-0.3, -0.25) is 0 Å². The van der Waals surface area contributed by atoms with Crippen LogP contribution in [0.25, 0.3) is 0 Å². The Labute approximate surface area is 119 Å². The Kier molecular flexibility index (Phi) is 4.06. The van der Waals surface area contributed by atoms with Crippen LogP contribution < -0.4 is 5.32 Å². The highest BCUT2D eigenvalue weighted by Gasteiger charge is 2.43. The van der Waals surface area contributed by atoms with E-state index in [9.17, 15) is 8.78 Å². The normalized spacial score (nSPS) is 29.9. The molecule has 2 saturated carbocycles. The van der Waals surface area contributed by atoms with Crippen LogP contribution in [0.3, 0.4) is 0 Å². The van der Waals surface area contributed by atoms with Crippen LogP contribution in [0.4, 0.5) is 8.78 Å². The van der Waals surface area contributed by atoms with E-state index in [2.05, 4.69) is 12.2 Å². The van der Waals surface area contributed by atoms with Gasteiger partial charge >= 0.3 is 0 Å². The summed E-state index contributed by atoms with van der Waals surface area (Å²) >= 11 is 0. The molecule has 0 aliphatic heterocycles. The van der Waals surface area contributed by atoms with Gasteiger partial charge in [-0.2, -0.15) is 0 Å². The summed E-state index contributed by atoms with van der Waals surface area (Å²) in [5.41, 5.74) is 0.912. The van der Waals surface area contributed by atoms with Gasteiger partial charge < -0.3 is 5.32 Å². The molecular formula is C17H23F2N. The predicted molar refractivity (Wildman–Crippen MR) is 76.3 cm³/mol. The minimum absolute atomic E-state index is 0.181. The molecule has 4 unspecified atom stereocenters. The smallest absolute Gasteiger partial charge is 0.159 e. The molecule has 20 heavy (non-hydrogen) atoms. The van der Waals surface area contributed by atoms with E-state index in [4.69, 9.17) is 0 Å². The maximum atomic E-state index is 13.5. The number of hydrogen-bond donors (Lipinski definition) is 1. The summed E-state index contributed by atoms with van der Waals surface area (Å²) in [5.74, 6) is 0.735. The average Bonchev–Trinajstić information content (AvgIpc) is 3.06. The lowest BCUT2D eigenvalue weighted by atomic mass is 9.80. The number of nitrogens with one attached hydrogen (secondary N) is 1. The minimum atomic E-state index is -0.754. The molecule has 2 aliphatic carbocycles. The first-order valence-corrected chi connectivity index (χ1v) is 7.87. The molecule has 1 aromatic rings. The largest absolute Gasteiger partial charge is 0.310 e. The number of halogens is 2. The van der Waals surface area contributed by atoms with Crippen LogP contribution in [0, 0.1) is 29.4 Å². The highest BCUT2D eigenvalue weighted by atomic mass is 19.2. The molecule has 0 amide bonds. The third-order valence-corrected chi connectivity index (χ3v) is 5.14. The molecule has 1 aromatic carbocycles. The molecule has 1 N–H and O–H groups in total.